The quantitative estimate of drug-likeness (QED) is 0.320. The molecule has 3 rings (SSSR count). The van der Waals surface area contributed by atoms with E-state index in [2.05, 4.69) is 86.7 Å². The van der Waals surface area contributed by atoms with Crippen molar-refractivity contribution in [3.8, 4) is 17.2 Å². The first-order valence-electron chi connectivity index (χ1n) is 12.3. The SMILES string of the molecule is COc1ccc([Si](OCCc2cc(Br)c(O)c([Si](C)(C)C)c2)(c2ccc(OC)cc2)C(C)(C)C)cc1. The maximum Gasteiger partial charge on any atom is 0.261 e. The molecule has 0 aliphatic heterocycles. The molecule has 0 heterocycles. The summed E-state index contributed by atoms with van der Waals surface area (Å²) in [6, 6.07) is 20.9. The average Bonchev–Trinajstić information content (AvgIpc) is 2.82. The fraction of sp³-hybridized carbons (Fsp3) is 0.379. The summed E-state index contributed by atoms with van der Waals surface area (Å²) in [6.45, 7) is 14.1. The Morgan fingerprint density at radius 2 is 1.28 bits per heavy atom. The van der Waals surface area contributed by atoms with E-state index >= 15 is 0 Å². The zero-order chi connectivity index (χ0) is 26.7. The highest BCUT2D eigenvalue weighted by Crippen LogP contribution is 2.37. The van der Waals surface area contributed by atoms with Gasteiger partial charge in [0.25, 0.3) is 8.32 Å². The maximum absolute atomic E-state index is 10.6. The number of phenols is 1. The van der Waals surface area contributed by atoms with Crippen molar-refractivity contribution >= 4 is 47.9 Å². The van der Waals surface area contributed by atoms with Crippen LogP contribution in [0.2, 0.25) is 24.7 Å². The van der Waals surface area contributed by atoms with Gasteiger partial charge in [-0.05, 0) is 78.8 Å². The molecule has 36 heavy (non-hydrogen) atoms. The van der Waals surface area contributed by atoms with E-state index < -0.39 is 16.4 Å². The van der Waals surface area contributed by atoms with E-state index in [1.54, 1.807) is 14.2 Å². The minimum absolute atomic E-state index is 0.130. The largest absolute Gasteiger partial charge is 0.507 e. The van der Waals surface area contributed by atoms with E-state index in [9.17, 15) is 5.11 Å². The zero-order valence-corrected chi connectivity index (χ0v) is 26.3. The van der Waals surface area contributed by atoms with Crippen molar-refractivity contribution in [1.29, 1.82) is 0 Å². The van der Waals surface area contributed by atoms with Gasteiger partial charge in [-0.2, -0.15) is 0 Å². The van der Waals surface area contributed by atoms with Gasteiger partial charge in [-0.25, -0.2) is 0 Å². The van der Waals surface area contributed by atoms with Gasteiger partial charge in [0.15, 0.2) is 0 Å². The fourth-order valence-electron chi connectivity index (χ4n) is 4.76. The highest BCUT2D eigenvalue weighted by molar-refractivity contribution is 9.10. The first-order chi connectivity index (χ1) is 16.8. The molecule has 1 N–H and O–H groups in total. The Morgan fingerprint density at radius 1 is 0.806 bits per heavy atom. The number of hydrogen-bond acceptors (Lipinski definition) is 4. The van der Waals surface area contributed by atoms with Crippen LogP contribution in [0.5, 0.6) is 17.2 Å². The molecule has 0 spiro atoms. The van der Waals surface area contributed by atoms with Crippen LogP contribution in [-0.4, -0.2) is 42.3 Å². The Balaban J connectivity index is 2.04. The van der Waals surface area contributed by atoms with E-state index in [1.165, 1.54) is 15.9 Å². The smallest absolute Gasteiger partial charge is 0.261 e. The molecular formula is C29H39BrO4Si2. The molecule has 7 heteroatoms. The molecule has 0 fully saturated rings. The monoisotopic (exact) mass is 586 g/mol. The second kappa shape index (κ2) is 11.1. The fourth-order valence-corrected chi connectivity index (χ4v) is 11.4. The molecule has 0 amide bonds. The van der Waals surface area contributed by atoms with Crippen LogP contribution in [0.1, 0.15) is 26.3 Å². The van der Waals surface area contributed by atoms with Crippen LogP contribution in [0.4, 0.5) is 0 Å². The lowest BCUT2D eigenvalue weighted by Gasteiger charge is -2.43. The third-order valence-corrected chi connectivity index (χ3v) is 14.3. The number of phenolic OH excluding ortho intramolecular Hbond substituents is 1. The van der Waals surface area contributed by atoms with Crippen LogP contribution < -0.4 is 25.0 Å². The van der Waals surface area contributed by atoms with E-state index in [-0.39, 0.29) is 5.04 Å². The Kier molecular flexibility index (Phi) is 8.81. The van der Waals surface area contributed by atoms with Gasteiger partial charge in [-0.15, -0.1) is 0 Å². The molecule has 194 valence electrons. The number of hydrogen-bond donors (Lipinski definition) is 1. The summed E-state index contributed by atoms with van der Waals surface area (Å²) in [5, 5.41) is 14.0. The molecule has 3 aromatic rings. The molecule has 0 atom stereocenters. The third-order valence-electron chi connectivity index (χ3n) is 6.69. The second-order valence-corrected chi connectivity index (χ2v) is 21.4. The van der Waals surface area contributed by atoms with Gasteiger partial charge in [-0.3, -0.25) is 0 Å². The van der Waals surface area contributed by atoms with Crippen molar-refractivity contribution in [1.82, 2.24) is 0 Å². The molecule has 0 unspecified atom stereocenters. The Bertz CT molecular complexity index is 1120. The van der Waals surface area contributed by atoms with Crippen molar-refractivity contribution in [2.24, 2.45) is 0 Å². The summed E-state index contributed by atoms with van der Waals surface area (Å²) < 4.78 is 18.7. The Labute approximate surface area is 226 Å². The molecular weight excluding hydrogens is 548 g/mol. The van der Waals surface area contributed by atoms with Crippen molar-refractivity contribution in [2.75, 3.05) is 20.8 Å². The van der Waals surface area contributed by atoms with Crippen LogP contribution in [-0.2, 0) is 10.8 Å². The van der Waals surface area contributed by atoms with E-state index in [0.717, 1.165) is 27.6 Å². The number of aromatic hydroxyl groups is 1. The first kappa shape index (κ1) is 28.5. The molecule has 0 saturated carbocycles. The van der Waals surface area contributed by atoms with Crippen LogP contribution in [0.3, 0.4) is 0 Å². The number of halogens is 1. The standard InChI is InChI=1S/C29H39BrO4Si2/c1-29(2,3)36(24-13-9-22(32-4)10-14-24,25-15-11-23(33-5)12-16-25)34-18-17-21-19-26(30)28(31)27(20-21)35(6,7)8/h9-16,19-20,31H,17-18H2,1-8H3. The highest BCUT2D eigenvalue weighted by atomic mass is 79.9. The predicted molar refractivity (Wildman–Crippen MR) is 159 cm³/mol. The van der Waals surface area contributed by atoms with Gasteiger partial charge >= 0.3 is 0 Å². The van der Waals surface area contributed by atoms with Crippen LogP contribution in [0, 0.1) is 0 Å². The molecule has 0 radical (unpaired) electrons. The summed E-state index contributed by atoms with van der Waals surface area (Å²) in [4.78, 5) is 0. The predicted octanol–water partition coefficient (Wildman–Crippen LogP) is 5.84. The molecule has 0 bridgehead atoms. The lowest BCUT2D eigenvalue weighted by atomic mass is 10.1. The number of rotatable bonds is 9. The van der Waals surface area contributed by atoms with Crippen molar-refractivity contribution in [3.63, 3.8) is 0 Å². The van der Waals surface area contributed by atoms with Crippen molar-refractivity contribution in [2.45, 2.75) is 51.9 Å². The molecule has 4 nitrogen and oxygen atoms in total. The van der Waals surface area contributed by atoms with Gasteiger partial charge in [0.05, 0.1) is 26.8 Å². The number of ether oxygens (including phenoxy) is 2. The molecule has 3 aromatic carbocycles. The highest BCUT2D eigenvalue weighted by Gasteiger charge is 2.50. The molecule has 0 saturated heterocycles. The van der Waals surface area contributed by atoms with E-state index in [0.29, 0.717) is 12.4 Å². The van der Waals surface area contributed by atoms with E-state index in [1.807, 2.05) is 30.3 Å². The van der Waals surface area contributed by atoms with Gasteiger partial charge in [0, 0.05) is 6.61 Å². The summed E-state index contributed by atoms with van der Waals surface area (Å²) in [6.07, 6.45) is 0.757. The van der Waals surface area contributed by atoms with Crippen LogP contribution in [0.15, 0.2) is 65.1 Å². The van der Waals surface area contributed by atoms with Crippen LogP contribution in [0.25, 0.3) is 0 Å². The normalized spacial score (nSPS) is 12.5. The molecule has 0 aromatic heterocycles. The lowest BCUT2D eigenvalue weighted by Crippen LogP contribution is -2.66. The van der Waals surface area contributed by atoms with Gasteiger partial charge in [0.2, 0.25) is 0 Å². The Morgan fingerprint density at radius 3 is 1.67 bits per heavy atom. The zero-order valence-electron chi connectivity index (χ0n) is 22.7. The topological polar surface area (TPSA) is 47.9 Å². The van der Waals surface area contributed by atoms with Crippen molar-refractivity contribution < 1.29 is 19.0 Å². The maximum atomic E-state index is 10.6. The van der Waals surface area contributed by atoms with Gasteiger partial charge < -0.3 is 19.0 Å². The molecule has 0 aliphatic rings. The van der Waals surface area contributed by atoms with E-state index in [4.69, 9.17) is 13.9 Å². The lowest BCUT2D eigenvalue weighted by molar-refractivity contribution is 0.301. The molecule has 0 aliphatic carbocycles. The van der Waals surface area contributed by atoms with Gasteiger partial charge in [-0.1, -0.05) is 70.7 Å². The number of methoxy groups -OCH3 is 2. The Hall–Kier alpha value is -2.07. The third kappa shape index (κ3) is 5.91. The van der Waals surface area contributed by atoms with Gasteiger partial charge in [0.1, 0.15) is 17.2 Å². The summed E-state index contributed by atoms with van der Waals surface area (Å²) >= 11 is 3.57. The van der Waals surface area contributed by atoms with Crippen LogP contribution >= 0.6 is 15.9 Å². The van der Waals surface area contributed by atoms with Crippen molar-refractivity contribution in [3.05, 3.63) is 70.7 Å². The minimum Gasteiger partial charge on any atom is -0.507 e. The minimum atomic E-state index is -2.71. The number of benzene rings is 3. The summed E-state index contributed by atoms with van der Waals surface area (Å²) in [5.41, 5.74) is 1.17. The summed E-state index contributed by atoms with van der Waals surface area (Å²) in [5.74, 6) is 2.03. The second-order valence-electron chi connectivity index (χ2n) is 11.2. The average molecular weight is 588 g/mol. The first-order valence-corrected chi connectivity index (χ1v) is 18.5. The summed E-state index contributed by atoms with van der Waals surface area (Å²) in [7, 11) is -1.04.